The van der Waals surface area contributed by atoms with Crippen molar-refractivity contribution in [2.45, 2.75) is 12.9 Å². The quantitative estimate of drug-likeness (QED) is 0.493. The molecule has 1 atom stereocenters. The molecule has 1 aromatic heterocycles. The van der Waals surface area contributed by atoms with Crippen molar-refractivity contribution in [1.82, 2.24) is 9.97 Å². The summed E-state index contributed by atoms with van der Waals surface area (Å²) in [6, 6.07) is 16.5. The fourth-order valence-electron chi connectivity index (χ4n) is 3.17. The predicted octanol–water partition coefficient (Wildman–Crippen LogP) is 4.36. The minimum Gasteiger partial charge on any atom is -0.453 e. The Morgan fingerprint density at radius 2 is 2.06 bits per heavy atom. The van der Waals surface area contributed by atoms with Crippen LogP contribution in [0.25, 0.3) is 0 Å². The molecule has 2 heterocycles. The number of hydrogen-bond acceptors (Lipinski definition) is 8. The maximum absolute atomic E-state index is 9.35. The summed E-state index contributed by atoms with van der Waals surface area (Å²) in [6.45, 7) is 0.902. The maximum Gasteiger partial charge on any atom is 0.268 e. The fraction of sp³-hybridized carbons (Fsp3) is 0.217. The van der Waals surface area contributed by atoms with Gasteiger partial charge in [0.05, 0.1) is 19.8 Å². The molecule has 9 heteroatoms. The predicted molar refractivity (Wildman–Crippen MR) is 121 cm³/mol. The maximum atomic E-state index is 9.35. The van der Waals surface area contributed by atoms with Gasteiger partial charge in [0, 0.05) is 29.6 Å². The first-order chi connectivity index (χ1) is 15.7. The third kappa shape index (κ3) is 5.28. The molecular formula is C23H23ClN4O4. The first-order valence-electron chi connectivity index (χ1n) is 10.0. The van der Waals surface area contributed by atoms with E-state index in [0.29, 0.717) is 35.8 Å². The van der Waals surface area contributed by atoms with Crippen molar-refractivity contribution in [2.75, 3.05) is 30.5 Å². The summed E-state index contributed by atoms with van der Waals surface area (Å²) in [5.41, 5.74) is 2.38. The van der Waals surface area contributed by atoms with Crippen molar-refractivity contribution in [3.8, 4) is 0 Å². The topological polar surface area (TPSA) is 89.0 Å². The first kappa shape index (κ1) is 21.9. The molecule has 0 radical (unpaired) electrons. The highest BCUT2D eigenvalue weighted by Gasteiger charge is 2.27. The Labute approximate surface area is 191 Å². The van der Waals surface area contributed by atoms with E-state index in [-0.39, 0.29) is 6.61 Å². The lowest BCUT2D eigenvalue weighted by Gasteiger charge is -2.24. The summed E-state index contributed by atoms with van der Waals surface area (Å²) in [5.74, 6) is 1.52. The number of aromatic nitrogens is 2. The van der Waals surface area contributed by atoms with Gasteiger partial charge >= 0.3 is 0 Å². The molecule has 0 saturated heterocycles. The molecule has 166 valence electrons. The first-order valence-corrected chi connectivity index (χ1v) is 10.4. The number of aliphatic hydroxyl groups excluding tert-OH is 1. The average molecular weight is 455 g/mol. The van der Waals surface area contributed by atoms with Crippen LogP contribution in [0.3, 0.4) is 0 Å². The summed E-state index contributed by atoms with van der Waals surface area (Å²) in [6.07, 6.45) is 2.61. The Bertz CT molecular complexity index is 1090. The lowest BCUT2D eigenvalue weighted by atomic mass is 10.2. The van der Waals surface area contributed by atoms with Crippen molar-refractivity contribution >= 4 is 29.1 Å². The number of nitrogens with one attached hydrogen (secondary N) is 1. The van der Waals surface area contributed by atoms with Crippen LogP contribution in [0.4, 0.5) is 17.5 Å². The van der Waals surface area contributed by atoms with Crippen molar-refractivity contribution < 1.29 is 19.3 Å². The van der Waals surface area contributed by atoms with Gasteiger partial charge in [-0.1, -0.05) is 35.9 Å². The van der Waals surface area contributed by atoms with Crippen molar-refractivity contribution in [3.05, 3.63) is 89.1 Å². The van der Waals surface area contributed by atoms with Crippen LogP contribution < -0.4 is 10.2 Å². The standard InChI is InChI=1S/C23H23ClN4O4/c1-30-11-10-28(21-15-31-22(32-21)17-5-3-6-18(24)13-17)20-8-9-25-23(27-20)26-19-7-2-4-16(12-19)14-29/h2-9,12-13,15,22,29H,10-11,14H2,1H3,(H,25,26,27). The van der Waals surface area contributed by atoms with E-state index in [1.54, 1.807) is 37.8 Å². The zero-order valence-electron chi connectivity index (χ0n) is 17.4. The minimum atomic E-state index is -0.602. The molecule has 2 N–H and O–H groups in total. The van der Waals surface area contributed by atoms with E-state index < -0.39 is 6.29 Å². The van der Waals surface area contributed by atoms with Gasteiger partial charge in [-0.15, -0.1) is 0 Å². The Morgan fingerprint density at radius 3 is 2.88 bits per heavy atom. The zero-order valence-corrected chi connectivity index (χ0v) is 18.2. The normalized spacial score (nSPS) is 15.0. The molecule has 1 unspecified atom stereocenters. The lowest BCUT2D eigenvalue weighted by molar-refractivity contribution is -0.0353. The smallest absolute Gasteiger partial charge is 0.268 e. The second kappa shape index (κ2) is 10.3. The SMILES string of the molecule is COCCN(C1=COC(c2cccc(Cl)c2)O1)c1ccnc(Nc2cccc(CO)c2)n1. The van der Waals surface area contributed by atoms with E-state index in [2.05, 4.69) is 15.3 Å². The molecule has 0 saturated carbocycles. The van der Waals surface area contributed by atoms with Crippen LogP contribution in [-0.4, -0.2) is 35.3 Å². The van der Waals surface area contributed by atoms with E-state index in [1.165, 1.54) is 0 Å². The van der Waals surface area contributed by atoms with Crippen molar-refractivity contribution in [2.24, 2.45) is 0 Å². The van der Waals surface area contributed by atoms with Gasteiger partial charge in [0.15, 0.2) is 0 Å². The van der Waals surface area contributed by atoms with E-state index >= 15 is 0 Å². The zero-order chi connectivity index (χ0) is 22.3. The van der Waals surface area contributed by atoms with E-state index in [4.69, 9.17) is 25.8 Å². The monoisotopic (exact) mass is 454 g/mol. The largest absolute Gasteiger partial charge is 0.453 e. The number of anilines is 3. The van der Waals surface area contributed by atoms with Gasteiger partial charge in [-0.3, -0.25) is 4.90 Å². The molecule has 8 nitrogen and oxygen atoms in total. The second-order valence-electron chi connectivity index (χ2n) is 6.96. The molecule has 1 aliphatic rings. The number of benzene rings is 2. The third-order valence-electron chi connectivity index (χ3n) is 4.71. The van der Waals surface area contributed by atoms with Crippen LogP contribution in [0.5, 0.6) is 0 Å². The lowest BCUT2D eigenvalue weighted by Crippen LogP contribution is -2.28. The number of halogens is 1. The van der Waals surface area contributed by atoms with Gasteiger partial charge in [0.25, 0.3) is 6.29 Å². The highest BCUT2D eigenvalue weighted by molar-refractivity contribution is 6.30. The molecule has 0 bridgehead atoms. The third-order valence-corrected chi connectivity index (χ3v) is 4.94. The molecule has 0 fully saturated rings. The van der Waals surface area contributed by atoms with E-state index in [1.807, 2.05) is 41.3 Å². The summed E-state index contributed by atoms with van der Waals surface area (Å²) < 4.78 is 17.0. The van der Waals surface area contributed by atoms with E-state index in [0.717, 1.165) is 16.8 Å². The molecule has 0 amide bonds. The molecule has 3 aromatic rings. The highest BCUT2D eigenvalue weighted by atomic mass is 35.5. The van der Waals surface area contributed by atoms with Crippen LogP contribution in [0.2, 0.25) is 5.02 Å². The summed E-state index contributed by atoms with van der Waals surface area (Å²) in [4.78, 5) is 10.8. The molecule has 32 heavy (non-hydrogen) atoms. The Balaban J connectivity index is 1.53. The van der Waals surface area contributed by atoms with Gasteiger partial charge in [-0.05, 0) is 35.9 Å². The van der Waals surface area contributed by atoms with Crippen molar-refractivity contribution in [3.63, 3.8) is 0 Å². The fourth-order valence-corrected chi connectivity index (χ4v) is 3.37. The van der Waals surface area contributed by atoms with Crippen LogP contribution in [0.1, 0.15) is 17.4 Å². The molecule has 1 aliphatic heterocycles. The molecule has 0 spiro atoms. The summed E-state index contributed by atoms with van der Waals surface area (Å²) in [5, 5.41) is 13.1. The number of aliphatic hydroxyl groups is 1. The van der Waals surface area contributed by atoms with Gasteiger partial charge < -0.3 is 24.6 Å². The Morgan fingerprint density at radius 1 is 1.19 bits per heavy atom. The Kier molecular flexibility index (Phi) is 7.06. The minimum absolute atomic E-state index is 0.0412. The van der Waals surface area contributed by atoms with Gasteiger partial charge in [-0.25, -0.2) is 4.98 Å². The van der Waals surface area contributed by atoms with Crippen LogP contribution in [0, 0.1) is 0 Å². The molecular weight excluding hydrogens is 432 g/mol. The highest BCUT2D eigenvalue weighted by Crippen LogP contribution is 2.33. The van der Waals surface area contributed by atoms with Gasteiger partial charge in [0.1, 0.15) is 12.1 Å². The number of rotatable bonds is 9. The summed E-state index contributed by atoms with van der Waals surface area (Å²) >= 11 is 6.10. The van der Waals surface area contributed by atoms with E-state index in [9.17, 15) is 5.11 Å². The molecule has 4 rings (SSSR count). The number of hydrogen-bond donors (Lipinski definition) is 2. The summed E-state index contributed by atoms with van der Waals surface area (Å²) in [7, 11) is 1.63. The molecule has 2 aromatic carbocycles. The van der Waals surface area contributed by atoms with Gasteiger partial charge in [0.2, 0.25) is 11.8 Å². The number of ether oxygens (including phenoxy) is 3. The van der Waals surface area contributed by atoms with Crippen LogP contribution in [-0.2, 0) is 20.8 Å². The Hall–Kier alpha value is -3.33. The van der Waals surface area contributed by atoms with Crippen LogP contribution >= 0.6 is 11.6 Å². The van der Waals surface area contributed by atoms with Gasteiger partial charge in [-0.2, -0.15) is 4.98 Å². The second-order valence-corrected chi connectivity index (χ2v) is 7.40. The van der Waals surface area contributed by atoms with Crippen molar-refractivity contribution in [1.29, 1.82) is 0 Å². The number of nitrogens with zero attached hydrogens (tertiary/aromatic N) is 3. The number of methoxy groups -OCH3 is 1. The molecule has 0 aliphatic carbocycles. The van der Waals surface area contributed by atoms with Crippen LogP contribution in [0.15, 0.2) is 72.9 Å². The average Bonchev–Trinajstić information content (AvgIpc) is 3.30.